The first-order chi connectivity index (χ1) is 6.67. The summed E-state index contributed by atoms with van der Waals surface area (Å²) < 4.78 is 1.25. The van der Waals surface area contributed by atoms with Gasteiger partial charge in [0.15, 0.2) is 0 Å². The lowest BCUT2D eigenvalue weighted by atomic mass is 10.4. The minimum Gasteiger partial charge on any atom is -0.390 e. The highest BCUT2D eigenvalue weighted by atomic mass is 16.7. The molecule has 0 aliphatic heterocycles. The summed E-state index contributed by atoms with van der Waals surface area (Å²) in [6.45, 7) is 4.67. The van der Waals surface area contributed by atoms with Crippen LogP contribution < -0.4 is 4.84 Å². The van der Waals surface area contributed by atoms with E-state index in [1.165, 1.54) is 17.9 Å². The number of imidazole rings is 1. The van der Waals surface area contributed by atoms with E-state index in [1.807, 2.05) is 0 Å². The minimum absolute atomic E-state index is 0.182. The third kappa shape index (κ3) is 2.43. The number of rotatable bonds is 4. The Kier molecular flexibility index (Phi) is 3.41. The van der Waals surface area contributed by atoms with E-state index < -0.39 is 5.97 Å². The second-order valence-corrected chi connectivity index (χ2v) is 2.71. The van der Waals surface area contributed by atoms with Crippen LogP contribution in [-0.4, -0.2) is 20.8 Å². The van der Waals surface area contributed by atoms with E-state index in [4.69, 9.17) is 9.94 Å². The van der Waals surface area contributed by atoms with Gasteiger partial charge in [-0.05, 0) is 0 Å². The summed E-state index contributed by atoms with van der Waals surface area (Å²) in [4.78, 5) is 19.6. The SMILES string of the molecule is C=CCc1nc(CO)cn1OC(C)=O. The molecule has 0 aromatic carbocycles. The van der Waals surface area contributed by atoms with E-state index >= 15 is 0 Å². The molecule has 0 radical (unpaired) electrons. The van der Waals surface area contributed by atoms with Gasteiger partial charge in [-0.1, -0.05) is 6.08 Å². The molecule has 1 aromatic heterocycles. The molecule has 14 heavy (non-hydrogen) atoms. The quantitative estimate of drug-likeness (QED) is 0.692. The van der Waals surface area contributed by atoms with Gasteiger partial charge in [-0.3, -0.25) is 0 Å². The molecule has 0 aliphatic rings. The normalized spacial score (nSPS) is 9.86. The molecule has 76 valence electrons. The average Bonchev–Trinajstić information content (AvgIpc) is 2.48. The molecule has 1 heterocycles. The van der Waals surface area contributed by atoms with E-state index in [-0.39, 0.29) is 6.61 Å². The van der Waals surface area contributed by atoms with E-state index in [1.54, 1.807) is 6.08 Å². The lowest BCUT2D eigenvalue weighted by Gasteiger charge is -2.02. The van der Waals surface area contributed by atoms with Gasteiger partial charge in [0.2, 0.25) is 0 Å². The molecule has 1 rings (SSSR count). The van der Waals surface area contributed by atoms with E-state index in [9.17, 15) is 4.79 Å². The number of aromatic nitrogens is 2. The van der Waals surface area contributed by atoms with Crippen molar-refractivity contribution in [2.45, 2.75) is 20.0 Å². The predicted octanol–water partition coefficient (Wildman–Crippen LogP) is 0.0790. The van der Waals surface area contributed by atoms with Crippen LogP contribution in [0.1, 0.15) is 18.4 Å². The van der Waals surface area contributed by atoms with Crippen molar-refractivity contribution in [1.82, 2.24) is 9.71 Å². The number of nitrogens with zero attached hydrogens (tertiary/aromatic N) is 2. The van der Waals surface area contributed by atoms with Crippen molar-refractivity contribution in [3.05, 3.63) is 30.4 Å². The largest absolute Gasteiger partial charge is 0.390 e. The van der Waals surface area contributed by atoms with Crippen LogP contribution in [0.25, 0.3) is 0 Å². The van der Waals surface area contributed by atoms with Crippen LogP contribution in [0.2, 0.25) is 0 Å². The lowest BCUT2D eigenvalue weighted by Crippen LogP contribution is -2.18. The van der Waals surface area contributed by atoms with Gasteiger partial charge in [0.05, 0.1) is 18.5 Å². The Morgan fingerprint density at radius 1 is 1.86 bits per heavy atom. The molecule has 0 unspecified atom stereocenters. The van der Waals surface area contributed by atoms with Crippen molar-refractivity contribution in [3.63, 3.8) is 0 Å². The summed E-state index contributed by atoms with van der Waals surface area (Å²) in [5, 5.41) is 8.84. The number of carbonyl (C=O) groups excluding carboxylic acids is 1. The molecular weight excluding hydrogens is 184 g/mol. The highest BCUT2D eigenvalue weighted by Crippen LogP contribution is 2.03. The Balaban J connectivity index is 2.92. The minimum atomic E-state index is -0.433. The highest BCUT2D eigenvalue weighted by molar-refractivity contribution is 5.66. The molecule has 5 nitrogen and oxygen atoms in total. The van der Waals surface area contributed by atoms with Crippen molar-refractivity contribution < 1.29 is 14.7 Å². The molecular formula is C9H12N2O3. The fourth-order valence-corrected chi connectivity index (χ4v) is 1.01. The van der Waals surface area contributed by atoms with Crippen LogP contribution in [0.15, 0.2) is 18.9 Å². The third-order valence-corrected chi connectivity index (χ3v) is 1.51. The van der Waals surface area contributed by atoms with Crippen LogP contribution in [-0.2, 0) is 17.8 Å². The molecule has 0 spiro atoms. The first kappa shape index (κ1) is 10.5. The summed E-state index contributed by atoms with van der Waals surface area (Å²) >= 11 is 0. The monoisotopic (exact) mass is 196 g/mol. The zero-order chi connectivity index (χ0) is 10.6. The van der Waals surface area contributed by atoms with E-state index in [0.717, 1.165) is 0 Å². The summed E-state index contributed by atoms with van der Waals surface area (Å²) in [7, 11) is 0. The van der Waals surface area contributed by atoms with Crippen LogP contribution in [0.5, 0.6) is 0 Å². The van der Waals surface area contributed by atoms with Crippen molar-refractivity contribution >= 4 is 5.97 Å². The van der Waals surface area contributed by atoms with Crippen molar-refractivity contribution in [2.24, 2.45) is 0 Å². The van der Waals surface area contributed by atoms with Crippen LogP contribution >= 0.6 is 0 Å². The molecule has 5 heteroatoms. The summed E-state index contributed by atoms with van der Waals surface area (Å²) in [6.07, 6.45) is 3.59. The van der Waals surface area contributed by atoms with E-state index in [0.29, 0.717) is 17.9 Å². The lowest BCUT2D eigenvalue weighted by molar-refractivity contribution is -0.141. The number of allylic oxidation sites excluding steroid dienone is 1. The maximum absolute atomic E-state index is 10.7. The molecule has 0 amide bonds. The van der Waals surface area contributed by atoms with Gasteiger partial charge in [-0.2, -0.15) is 4.73 Å². The van der Waals surface area contributed by atoms with Gasteiger partial charge in [0.25, 0.3) is 0 Å². The molecule has 0 bridgehead atoms. The highest BCUT2D eigenvalue weighted by Gasteiger charge is 2.08. The smallest absolute Gasteiger partial charge is 0.329 e. The zero-order valence-electron chi connectivity index (χ0n) is 7.93. The van der Waals surface area contributed by atoms with Gasteiger partial charge in [0, 0.05) is 13.3 Å². The first-order valence-electron chi connectivity index (χ1n) is 4.15. The van der Waals surface area contributed by atoms with Gasteiger partial charge < -0.3 is 9.94 Å². The predicted molar refractivity (Wildman–Crippen MR) is 49.3 cm³/mol. The van der Waals surface area contributed by atoms with Crippen LogP contribution in [0.4, 0.5) is 0 Å². The number of carbonyl (C=O) groups is 1. The maximum atomic E-state index is 10.7. The molecule has 0 saturated carbocycles. The zero-order valence-corrected chi connectivity index (χ0v) is 7.93. The van der Waals surface area contributed by atoms with Gasteiger partial charge >= 0.3 is 5.97 Å². The summed E-state index contributed by atoms with van der Waals surface area (Å²) in [5.74, 6) is 0.108. The van der Waals surface area contributed by atoms with Gasteiger partial charge in [-0.15, -0.1) is 6.58 Å². The fraction of sp³-hybridized carbons (Fsp3) is 0.333. The van der Waals surface area contributed by atoms with Crippen LogP contribution in [0, 0.1) is 0 Å². The Hall–Kier alpha value is -1.62. The molecule has 0 fully saturated rings. The summed E-state index contributed by atoms with van der Waals surface area (Å²) in [6, 6.07) is 0. The molecule has 1 N–H and O–H groups in total. The van der Waals surface area contributed by atoms with Crippen molar-refractivity contribution in [2.75, 3.05) is 0 Å². The number of hydrogen-bond acceptors (Lipinski definition) is 4. The number of aliphatic hydroxyl groups excluding tert-OH is 1. The molecule has 1 aromatic rings. The number of hydrogen-bond donors (Lipinski definition) is 1. The average molecular weight is 196 g/mol. The Morgan fingerprint density at radius 2 is 2.57 bits per heavy atom. The topological polar surface area (TPSA) is 64.3 Å². The second-order valence-electron chi connectivity index (χ2n) is 2.71. The Bertz CT molecular complexity index is 344. The maximum Gasteiger partial charge on any atom is 0.329 e. The first-order valence-corrected chi connectivity index (χ1v) is 4.15. The molecule has 0 aliphatic carbocycles. The van der Waals surface area contributed by atoms with Crippen LogP contribution in [0.3, 0.4) is 0 Å². The fourth-order valence-electron chi connectivity index (χ4n) is 1.01. The standard InChI is InChI=1S/C9H12N2O3/c1-3-4-9-10-8(6-12)5-11(9)14-7(2)13/h3,5,12H,1,4,6H2,2H3. The third-order valence-electron chi connectivity index (χ3n) is 1.51. The number of aliphatic hydroxyl groups is 1. The van der Waals surface area contributed by atoms with E-state index in [2.05, 4.69) is 11.6 Å². The van der Waals surface area contributed by atoms with Crippen molar-refractivity contribution in [3.8, 4) is 0 Å². The molecule has 0 saturated heterocycles. The Morgan fingerprint density at radius 3 is 3.07 bits per heavy atom. The van der Waals surface area contributed by atoms with Crippen molar-refractivity contribution in [1.29, 1.82) is 0 Å². The van der Waals surface area contributed by atoms with Gasteiger partial charge in [0.1, 0.15) is 5.82 Å². The van der Waals surface area contributed by atoms with Gasteiger partial charge in [-0.25, -0.2) is 9.78 Å². The molecule has 0 atom stereocenters. The Labute approximate surface area is 81.6 Å². The second kappa shape index (κ2) is 4.57. The summed E-state index contributed by atoms with van der Waals surface area (Å²) in [5.41, 5.74) is 0.461.